The Bertz CT molecular complexity index is 507. The molecule has 0 bridgehead atoms. The van der Waals surface area contributed by atoms with Crippen molar-refractivity contribution in [2.24, 2.45) is 0 Å². The van der Waals surface area contributed by atoms with E-state index in [1.54, 1.807) is 6.07 Å². The lowest BCUT2D eigenvalue weighted by Crippen LogP contribution is -2.43. The average Bonchev–Trinajstić information content (AvgIpc) is 2.65. The Kier molecular flexibility index (Phi) is 3.48. The topological polar surface area (TPSA) is 46.2 Å². The molecule has 94 valence electrons. The SMILES string of the molecule is CS(=O)(=O)NC1(c2cccc(Cl)c2)CCCC1. The minimum atomic E-state index is -3.22. The fourth-order valence-electron chi connectivity index (χ4n) is 2.57. The normalized spacial score (nSPS) is 19.4. The minimum Gasteiger partial charge on any atom is -0.213 e. The second-order valence-corrected chi connectivity index (χ2v) is 6.86. The molecule has 1 saturated carbocycles. The van der Waals surface area contributed by atoms with Crippen LogP contribution >= 0.6 is 11.6 Å². The Labute approximate surface area is 107 Å². The van der Waals surface area contributed by atoms with Gasteiger partial charge in [0.2, 0.25) is 10.0 Å². The summed E-state index contributed by atoms with van der Waals surface area (Å²) in [7, 11) is -3.22. The van der Waals surface area contributed by atoms with Crippen LogP contribution in [0.5, 0.6) is 0 Å². The fraction of sp³-hybridized carbons (Fsp3) is 0.500. The first-order valence-electron chi connectivity index (χ1n) is 5.66. The molecule has 0 heterocycles. The van der Waals surface area contributed by atoms with Gasteiger partial charge in [0.15, 0.2) is 0 Å². The summed E-state index contributed by atoms with van der Waals surface area (Å²) in [4.78, 5) is 0. The van der Waals surface area contributed by atoms with Crippen LogP contribution in [0, 0.1) is 0 Å². The average molecular weight is 274 g/mol. The van der Waals surface area contributed by atoms with Crippen molar-refractivity contribution >= 4 is 21.6 Å². The summed E-state index contributed by atoms with van der Waals surface area (Å²) in [5.41, 5.74) is 0.506. The second-order valence-electron chi connectivity index (χ2n) is 4.67. The number of benzene rings is 1. The summed E-state index contributed by atoms with van der Waals surface area (Å²) in [6.45, 7) is 0. The molecule has 0 radical (unpaired) electrons. The predicted molar refractivity (Wildman–Crippen MR) is 69.6 cm³/mol. The van der Waals surface area contributed by atoms with Crippen LogP contribution in [0.3, 0.4) is 0 Å². The molecule has 1 aromatic rings. The Morgan fingerprint density at radius 2 is 1.94 bits per heavy atom. The van der Waals surface area contributed by atoms with Gasteiger partial charge in [-0.05, 0) is 30.5 Å². The van der Waals surface area contributed by atoms with E-state index < -0.39 is 15.6 Å². The molecule has 1 aliphatic carbocycles. The zero-order valence-corrected chi connectivity index (χ0v) is 11.3. The van der Waals surface area contributed by atoms with Gasteiger partial charge in [-0.2, -0.15) is 0 Å². The van der Waals surface area contributed by atoms with Crippen LogP contribution in [-0.4, -0.2) is 14.7 Å². The van der Waals surface area contributed by atoms with E-state index in [9.17, 15) is 8.42 Å². The Morgan fingerprint density at radius 3 is 2.47 bits per heavy atom. The van der Waals surface area contributed by atoms with Gasteiger partial charge in [-0.15, -0.1) is 0 Å². The first kappa shape index (κ1) is 12.9. The molecule has 0 aliphatic heterocycles. The van der Waals surface area contributed by atoms with Crippen molar-refractivity contribution in [3.63, 3.8) is 0 Å². The van der Waals surface area contributed by atoms with Crippen LogP contribution in [0.25, 0.3) is 0 Å². The van der Waals surface area contributed by atoms with E-state index in [1.807, 2.05) is 18.2 Å². The third-order valence-corrected chi connectivity index (χ3v) is 4.21. The quantitative estimate of drug-likeness (QED) is 0.920. The molecule has 17 heavy (non-hydrogen) atoms. The molecule has 1 fully saturated rings. The fourth-order valence-corrected chi connectivity index (χ4v) is 3.79. The summed E-state index contributed by atoms with van der Waals surface area (Å²) in [5, 5.41) is 0.643. The van der Waals surface area contributed by atoms with Crippen LogP contribution in [0.2, 0.25) is 5.02 Å². The van der Waals surface area contributed by atoms with Gasteiger partial charge in [0.05, 0.1) is 11.8 Å². The monoisotopic (exact) mass is 273 g/mol. The van der Waals surface area contributed by atoms with Crippen LogP contribution in [0.1, 0.15) is 31.2 Å². The van der Waals surface area contributed by atoms with Crippen LogP contribution in [-0.2, 0) is 15.6 Å². The molecule has 0 saturated heterocycles. The highest BCUT2D eigenvalue weighted by molar-refractivity contribution is 7.88. The van der Waals surface area contributed by atoms with Gasteiger partial charge in [-0.3, -0.25) is 0 Å². The molecule has 0 amide bonds. The van der Waals surface area contributed by atoms with Crippen molar-refractivity contribution < 1.29 is 8.42 Å². The molecule has 5 heteroatoms. The predicted octanol–water partition coefficient (Wildman–Crippen LogP) is 2.66. The lowest BCUT2D eigenvalue weighted by Gasteiger charge is -2.30. The molecule has 2 rings (SSSR count). The van der Waals surface area contributed by atoms with Gasteiger partial charge >= 0.3 is 0 Å². The highest BCUT2D eigenvalue weighted by atomic mass is 35.5. The number of sulfonamides is 1. The number of halogens is 1. The van der Waals surface area contributed by atoms with E-state index in [2.05, 4.69) is 4.72 Å². The summed E-state index contributed by atoms with van der Waals surface area (Å²) in [5.74, 6) is 0. The van der Waals surface area contributed by atoms with Crippen molar-refractivity contribution in [2.75, 3.05) is 6.26 Å². The van der Waals surface area contributed by atoms with Gasteiger partial charge in [0, 0.05) is 5.02 Å². The molecule has 3 nitrogen and oxygen atoms in total. The smallest absolute Gasteiger partial charge is 0.209 e. The number of hydrogen-bond donors (Lipinski definition) is 1. The summed E-state index contributed by atoms with van der Waals surface area (Å²) >= 11 is 5.98. The zero-order chi connectivity index (χ0) is 12.5. The molecular weight excluding hydrogens is 258 g/mol. The maximum Gasteiger partial charge on any atom is 0.209 e. The van der Waals surface area contributed by atoms with E-state index in [0.29, 0.717) is 5.02 Å². The van der Waals surface area contributed by atoms with Crippen LogP contribution in [0.4, 0.5) is 0 Å². The van der Waals surface area contributed by atoms with Crippen molar-refractivity contribution in [1.29, 1.82) is 0 Å². The van der Waals surface area contributed by atoms with Crippen molar-refractivity contribution in [3.05, 3.63) is 34.9 Å². The molecule has 0 spiro atoms. The summed E-state index contributed by atoms with van der Waals surface area (Å²) in [6.07, 6.45) is 4.95. The minimum absolute atomic E-state index is 0.460. The molecule has 0 atom stereocenters. The van der Waals surface area contributed by atoms with Crippen molar-refractivity contribution in [1.82, 2.24) is 4.72 Å². The molecule has 0 unspecified atom stereocenters. The lowest BCUT2D eigenvalue weighted by atomic mass is 9.89. The third kappa shape index (κ3) is 3.00. The van der Waals surface area contributed by atoms with Gasteiger partial charge < -0.3 is 0 Å². The zero-order valence-electron chi connectivity index (χ0n) is 9.74. The highest BCUT2D eigenvalue weighted by Gasteiger charge is 2.38. The van der Waals surface area contributed by atoms with Crippen molar-refractivity contribution in [2.45, 2.75) is 31.2 Å². The van der Waals surface area contributed by atoms with Crippen molar-refractivity contribution in [3.8, 4) is 0 Å². The van der Waals surface area contributed by atoms with Crippen LogP contribution in [0.15, 0.2) is 24.3 Å². The first-order valence-corrected chi connectivity index (χ1v) is 7.93. The summed E-state index contributed by atoms with van der Waals surface area (Å²) < 4.78 is 25.8. The maximum absolute atomic E-state index is 11.5. The van der Waals surface area contributed by atoms with E-state index >= 15 is 0 Å². The molecule has 1 aliphatic rings. The van der Waals surface area contributed by atoms with E-state index in [4.69, 9.17) is 11.6 Å². The molecule has 1 N–H and O–H groups in total. The Balaban J connectivity index is 2.41. The number of rotatable bonds is 3. The third-order valence-electron chi connectivity index (χ3n) is 3.22. The highest BCUT2D eigenvalue weighted by Crippen LogP contribution is 2.39. The van der Waals surface area contributed by atoms with E-state index in [0.717, 1.165) is 31.2 Å². The summed E-state index contributed by atoms with van der Waals surface area (Å²) in [6, 6.07) is 7.45. The molecule has 0 aromatic heterocycles. The Hall–Kier alpha value is -0.580. The standard InChI is InChI=1S/C12H16ClNO2S/c1-17(15,16)14-12(7-2-3-8-12)10-5-4-6-11(13)9-10/h4-6,9,14H,2-3,7-8H2,1H3. The van der Waals surface area contributed by atoms with Gasteiger partial charge in [0.25, 0.3) is 0 Å². The van der Waals surface area contributed by atoms with E-state index in [-0.39, 0.29) is 0 Å². The van der Waals surface area contributed by atoms with Gasteiger partial charge in [-0.1, -0.05) is 36.6 Å². The van der Waals surface area contributed by atoms with Gasteiger partial charge in [-0.25, -0.2) is 13.1 Å². The van der Waals surface area contributed by atoms with Crippen LogP contribution < -0.4 is 4.72 Å². The molecular formula is C12H16ClNO2S. The second kappa shape index (κ2) is 4.59. The maximum atomic E-state index is 11.5. The van der Waals surface area contributed by atoms with E-state index in [1.165, 1.54) is 6.26 Å². The first-order chi connectivity index (χ1) is 7.91. The Morgan fingerprint density at radius 1 is 1.29 bits per heavy atom. The lowest BCUT2D eigenvalue weighted by molar-refractivity contribution is 0.406. The molecule has 1 aromatic carbocycles. The number of nitrogens with one attached hydrogen (secondary N) is 1. The van der Waals surface area contributed by atoms with Gasteiger partial charge in [0.1, 0.15) is 0 Å². The largest absolute Gasteiger partial charge is 0.213 e. The number of hydrogen-bond acceptors (Lipinski definition) is 2.